The third-order valence-corrected chi connectivity index (χ3v) is 10.1. The van der Waals surface area contributed by atoms with Crippen LogP contribution < -0.4 is 9.62 Å². The molecule has 1 aliphatic carbocycles. The van der Waals surface area contributed by atoms with Gasteiger partial charge in [0.1, 0.15) is 12.6 Å². The summed E-state index contributed by atoms with van der Waals surface area (Å²) < 4.78 is 70.1. The molecule has 242 valence electrons. The molecule has 12 heteroatoms. The predicted molar refractivity (Wildman–Crippen MR) is 168 cm³/mol. The van der Waals surface area contributed by atoms with Crippen LogP contribution in [-0.2, 0) is 32.3 Å². The number of benzene rings is 3. The zero-order chi connectivity index (χ0) is 32.9. The number of hydrogen-bond acceptors (Lipinski definition) is 4. The Morgan fingerprint density at radius 2 is 1.51 bits per heavy atom. The largest absolute Gasteiger partial charge is 0.417 e. The van der Waals surface area contributed by atoms with Crippen molar-refractivity contribution in [2.75, 3.05) is 10.8 Å². The standard InChI is InChI=1S/C33H37ClF3N3O4S/c1-22-9-13-25(14-10-22)20-39(24(3)32(42)38-26-7-5-4-6-8-26)31(41)21-40(45(43,44)28-16-11-23(2)12-17-28)27-15-18-30(34)29(19-27)33(35,36)37/h9-19,24,26H,4-8,20-21H2,1-3H3,(H,38,42)/t24-/m1/s1. The minimum Gasteiger partial charge on any atom is -0.352 e. The zero-order valence-electron chi connectivity index (χ0n) is 25.4. The lowest BCUT2D eigenvalue weighted by Gasteiger charge is -2.33. The van der Waals surface area contributed by atoms with Gasteiger partial charge < -0.3 is 10.2 Å². The van der Waals surface area contributed by atoms with E-state index in [2.05, 4.69) is 5.32 Å². The van der Waals surface area contributed by atoms with E-state index in [1.165, 1.54) is 17.0 Å². The quantitative estimate of drug-likeness (QED) is 0.252. The molecule has 1 atom stereocenters. The molecule has 3 aromatic carbocycles. The van der Waals surface area contributed by atoms with Crippen molar-refractivity contribution in [3.63, 3.8) is 0 Å². The summed E-state index contributed by atoms with van der Waals surface area (Å²) in [6.45, 7) is 4.34. The van der Waals surface area contributed by atoms with Crippen molar-refractivity contribution in [3.05, 3.63) is 94.0 Å². The van der Waals surface area contributed by atoms with E-state index in [4.69, 9.17) is 11.6 Å². The highest BCUT2D eigenvalue weighted by atomic mass is 35.5. The maximum absolute atomic E-state index is 14.1. The summed E-state index contributed by atoms with van der Waals surface area (Å²) in [6, 6.07) is 14.7. The van der Waals surface area contributed by atoms with Crippen molar-refractivity contribution < 1.29 is 31.2 Å². The predicted octanol–water partition coefficient (Wildman–Crippen LogP) is 7.04. The highest BCUT2D eigenvalue weighted by Gasteiger charge is 2.37. The summed E-state index contributed by atoms with van der Waals surface area (Å²) in [7, 11) is -4.55. The second-order valence-corrected chi connectivity index (χ2v) is 13.8. The minimum absolute atomic E-state index is 0.0226. The fourth-order valence-corrected chi connectivity index (χ4v) is 6.92. The molecule has 0 bridgehead atoms. The van der Waals surface area contributed by atoms with E-state index < -0.39 is 51.0 Å². The molecule has 1 N–H and O–H groups in total. The molecule has 1 aliphatic rings. The highest BCUT2D eigenvalue weighted by molar-refractivity contribution is 7.92. The molecule has 4 rings (SSSR count). The molecule has 3 aromatic rings. The molecular weight excluding hydrogens is 627 g/mol. The number of sulfonamides is 1. The molecule has 0 aliphatic heterocycles. The van der Waals surface area contributed by atoms with E-state index in [-0.39, 0.29) is 23.4 Å². The number of rotatable bonds is 10. The average Bonchev–Trinajstić information content (AvgIpc) is 2.99. The van der Waals surface area contributed by atoms with Crippen LogP contribution in [0.2, 0.25) is 5.02 Å². The molecule has 45 heavy (non-hydrogen) atoms. The van der Waals surface area contributed by atoms with Crippen LogP contribution in [0.5, 0.6) is 0 Å². The van der Waals surface area contributed by atoms with E-state index in [1.807, 2.05) is 19.1 Å². The molecule has 2 amide bonds. The van der Waals surface area contributed by atoms with Gasteiger partial charge in [-0.15, -0.1) is 0 Å². The van der Waals surface area contributed by atoms with Crippen LogP contribution in [0, 0.1) is 13.8 Å². The lowest BCUT2D eigenvalue weighted by Crippen LogP contribution is -2.53. The van der Waals surface area contributed by atoms with Gasteiger partial charge in [-0.05, 0) is 69.5 Å². The van der Waals surface area contributed by atoms with Crippen LogP contribution >= 0.6 is 11.6 Å². The number of anilines is 1. The number of aryl methyl sites for hydroxylation is 2. The van der Waals surface area contributed by atoms with Crippen LogP contribution in [0.4, 0.5) is 18.9 Å². The van der Waals surface area contributed by atoms with Crippen LogP contribution in [0.25, 0.3) is 0 Å². The van der Waals surface area contributed by atoms with Gasteiger partial charge in [0, 0.05) is 12.6 Å². The Labute approximate surface area is 267 Å². The first-order chi connectivity index (χ1) is 21.2. The normalized spacial score (nSPS) is 14.9. The van der Waals surface area contributed by atoms with Crippen molar-refractivity contribution in [1.82, 2.24) is 10.2 Å². The maximum Gasteiger partial charge on any atom is 0.417 e. The second-order valence-electron chi connectivity index (χ2n) is 11.5. The Morgan fingerprint density at radius 3 is 2.09 bits per heavy atom. The SMILES string of the molecule is Cc1ccc(CN(C(=O)CN(c2ccc(Cl)c(C(F)(F)F)c2)S(=O)(=O)c2ccc(C)cc2)[C@H](C)C(=O)NC2CCCCC2)cc1. The van der Waals surface area contributed by atoms with Gasteiger partial charge in [-0.25, -0.2) is 8.42 Å². The number of alkyl halides is 3. The van der Waals surface area contributed by atoms with Crippen molar-refractivity contribution >= 4 is 39.1 Å². The van der Waals surface area contributed by atoms with E-state index in [0.717, 1.165) is 55.4 Å². The number of carbonyl (C=O) groups excluding carboxylic acids is 2. The molecule has 7 nitrogen and oxygen atoms in total. The van der Waals surface area contributed by atoms with Crippen LogP contribution in [-0.4, -0.2) is 43.8 Å². The zero-order valence-corrected chi connectivity index (χ0v) is 27.0. The summed E-state index contributed by atoms with van der Waals surface area (Å²) in [5.41, 5.74) is 0.818. The molecule has 0 radical (unpaired) electrons. The Bertz CT molecular complexity index is 1610. The first kappa shape index (κ1) is 34.3. The number of carbonyl (C=O) groups is 2. The van der Waals surface area contributed by atoms with Gasteiger partial charge in [-0.1, -0.05) is 78.4 Å². The van der Waals surface area contributed by atoms with E-state index >= 15 is 0 Å². The van der Waals surface area contributed by atoms with Crippen molar-refractivity contribution in [2.45, 2.75) is 82.6 Å². The number of nitrogens with zero attached hydrogens (tertiary/aromatic N) is 2. The Kier molecular flexibility index (Phi) is 10.9. The van der Waals surface area contributed by atoms with Crippen LogP contribution in [0.1, 0.15) is 61.3 Å². The summed E-state index contributed by atoms with van der Waals surface area (Å²) in [5.74, 6) is -1.15. The summed E-state index contributed by atoms with van der Waals surface area (Å²) in [5, 5.41) is 2.41. The fourth-order valence-electron chi connectivity index (χ4n) is 5.29. The van der Waals surface area contributed by atoms with E-state index in [1.54, 1.807) is 38.1 Å². The topological polar surface area (TPSA) is 86.8 Å². The van der Waals surface area contributed by atoms with Crippen LogP contribution in [0.15, 0.2) is 71.6 Å². The lowest BCUT2D eigenvalue weighted by atomic mass is 9.95. The van der Waals surface area contributed by atoms with Crippen molar-refractivity contribution in [2.24, 2.45) is 0 Å². The molecule has 0 spiro atoms. The van der Waals surface area contributed by atoms with Gasteiger partial charge in [0.25, 0.3) is 10.0 Å². The van der Waals surface area contributed by atoms with Gasteiger partial charge in [-0.2, -0.15) is 13.2 Å². The monoisotopic (exact) mass is 663 g/mol. The first-order valence-electron chi connectivity index (χ1n) is 14.8. The molecule has 0 aromatic heterocycles. The Hall–Kier alpha value is -3.57. The number of nitrogens with one attached hydrogen (secondary N) is 1. The third kappa shape index (κ3) is 8.58. The first-order valence-corrected chi connectivity index (χ1v) is 16.6. The highest BCUT2D eigenvalue weighted by Crippen LogP contribution is 2.38. The summed E-state index contributed by atoms with van der Waals surface area (Å²) in [4.78, 5) is 28.6. The summed E-state index contributed by atoms with van der Waals surface area (Å²) >= 11 is 5.84. The van der Waals surface area contributed by atoms with E-state index in [9.17, 15) is 31.2 Å². The van der Waals surface area contributed by atoms with Crippen molar-refractivity contribution in [3.8, 4) is 0 Å². The minimum atomic E-state index is -4.88. The number of hydrogen-bond donors (Lipinski definition) is 1. The molecule has 0 unspecified atom stereocenters. The molecule has 1 saturated carbocycles. The maximum atomic E-state index is 14.1. The average molecular weight is 664 g/mol. The Balaban J connectivity index is 1.74. The van der Waals surface area contributed by atoms with Gasteiger partial charge >= 0.3 is 6.18 Å². The third-order valence-electron chi connectivity index (χ3n) is 8.02. The van der Waals surface area contributed by atoms with Crippen LogP contribution in [0.3, 0.4) is 0 Å². The number of amides is 2. The van der Waals surface area contributed by atoms with E-state index in [0.29, 0.717) is 15.9 Å². The van der Waals surface area contributed by atoms with Crippen molar-refractivity contribution in [1.29, 1.82) is 0 Å². The van der Waals surface area contributed by atoms with Gasteiger partial charge in [0.05, 0.1) is 21.2 Å². The molecule has 1 fully saturated rings. The fraction of sp³-hybridized carbons (Fsp3) is 0.394. The van der Waals surface area contributed by atoms with Gasteiger partial charge in [0.15, 0.2) is 0 Å². The second kappa shape index (κ2) is 14.2. The Morgan fingerprint density at radius 1 is 0.933 bits per heavy atom. The smallest absolute Gasteiger partial charge is 0.352 e. The molecule has 0 heterocycles. The summed E-state index contributed by atoms with van der Waals surface area (Å²) in [6.07, 6.45) is -0.169. The van der Waals surface area contributed by atoms with Gasteiger partial charge in [-0.3, -0.25) is 13.9 Å². The lowest BCUT2D eigenvalue weighted by molar-refractivity contribution is -0.139. The number of halogens is 4. The molecule has 0 saturated heterocycles. The molecular formula is C33H37ClF3N3O4S. The van der Waals surface area contributed by atoms with Gasteiger partial charge in [0.2, 0.25) is 11.8 Å².